The molecule has 1 amide bonds. The molecule has 1 saturated heterocycles. The van der Waals surface area contributed by atoms with Crippen molar-refractivity contribution >= 4 is 32.4 Å². The summed E-state index contributed by atoms with van der Waals surface area (Å²) >= 11 is 0. The lowest BCUT2D eigenvalue weighted by molar-refractivity contribution is -0.120. The summed E-state index contributed by atoms with van der Waals surface area (Å²) < 4.78 is 27.6. The number of anilines is 1. The Balaban J connectivity index is 1.44. The Morgan fingerprint density at radius 1 is 0.931 bits per heavy atom. The van der Waals surface area contributed by atoms with Crippen molar-refractivity contribution in [2.24, 2.45) is 5.92 Å². The number of rotatable bonds is 4. The first-order valence-electron chi connectivity index (χ1n) is 9.80. The Morgan fingerprint density at radius 3 is 2.31 bits per heavy atom. The number of piperidine rings is 1. The van der Waals surface area contributed by atoms with E-state index in [1.807, 2.05) is 61.5 Å². The number of sulfonamides is 1. The summed E-state index contributed by atoms with van der Waals surface area (Å²) in [6.45, 7) is 2.65. The highest BCUT2D eigenvalue weighted by molar-refractivity contribution is 7.89. The number of hydrogen-bond donors (Lipinski definition) is 1. The Labute approximate surface area is 171 Å². The fourth-order valence-corrected chi connectivity index (χ4v) is 5.29. The molecule has 0 saturated carbocycles. The van der Waals surface area contributed by atoms with Crippen molar-refractivity contribution in [3.63, 3.8) is 0 Å². The van der Waals surface area contributed by atoms with Gasteiger partial charge < -0.3 is 5.32 Å². The van der Waals surface area contributed by atoms with Crippen LogP contribution in [0, 0.1) is 12.8 Å². The van der Waals surface area contributed by atoms with E-state index >= 15 is 0 Å². The molecular weight excluding hydrogens is 384 g/mol. The lowest BCUT2D eigenvalue weighted by atomic mass is 9.97. The van der Waals surface area contributed by atoms with Crippen LogP contribution in [0.25, 0.3) is 10.8 Å². The van der Waals surface area contributed by atoms with E-state index in [0.29, 0.717) is 30.8 Å². The number of benzene rings is 3. The van der Waals surface area contributed by atoms with Crippen LogP contribution in [0.4, 0.5) is 5.69 Å². The molecule has 1 heterocycles. The Hall–Kier alpha value is -2.70. The number of amides is 1. The van der Waals surface area contributed by atoms with Gasteiger partial charge in [-0.15, -0.1) is 0 Å². The molecule has 3 aromatic carbocycles. The average Bonchev–Trinajstić information content (AvgIpc) is 2.75. The first kappa shape index (κ1) is 19.6. The monoisotopic (exact) mass is 408 g/mol. The molecule has 0 aliphatic carbocycles. The molecular formula is C23H24N2O3S. The second kappa shape index (κ2) is 7.97. The predicted octanol–water partition coefficient (Wildman–Crippen LogP) is 4.19. The van der Waals surface area contributed by atoms with Gasteiger partial charge >= 0.3 is 0 Å². The summed E-state index contributed by atoms with van der Waals surface area (Å²) in [5.41, 5.74) is 1.82. The highest BCUT2D eigenvalue weighted by Crippen LogP contribution is 2.27. The molecule has 0 aromatic heterocycles. The van der Waals surface area contributed by atoms with E-state index in [4.69, 9.17) is 0 Å². The lowest BCUT2D eigenvalue weighted by Gasteiger charge is -2.30. The molecule has 0 radical (unpaired) electrons. The molecule has 29 heavy (non-hydrogen) atoms. The van der Waals surface area contributed by atoms with Gasteiger partial charge in [-0.25, -0.2) is 8.42 Å². The van der Waals surface area contributed by atoms with E-state index in [1.54, 1.807) is 12.1 Å². The quantitative estimate of drug-likeness (QED) is 0.704. The van der Waals surface area contributed by atoms with E-state index < -0.39 is 10.0 Å². The van der Waals surface area contributed by atoms with Crippen molar-refractivity contribution in [1.82, 2.24) is 4.31 Å². The van der Waals surface area contributed by atoms with Gasteiger partial charge in [0, 0.05) is 24.7 Å². The van der Waals surface area contributed by atoms with Gasteiger partial charge in [0.05, 0.1) is 4.90 Å². The van der Waals surface area contributed by atoms with Crippen molar-refractivity contribution < 1.29 is 13.2 Å². The molecule has 0 unspecified atom stereocenters. The van der Waals surface area contributed by atoms with Gasteiger partial charge in [0.15, 0.2) is 0 Å². The van der Waals surface area contributed by atoms with Gasteiger partial charge in [-0.2, -0.15) is 4.31 Å². The van der Waals surface area contributed by atoms with E-state index in [9.17, 15) is 13.2 Å². The number of para-hydroxylation sites is 1. The molecule has 5 nitrogen and oxygen atoms in total. The number of aryl methyl sites for hydroxylation is 1. The summed E-state index contributed by atoms with van der Waals surface area (Å²) in [5.74, 6) is -0.222. The third kappa shape index (κ3) is 4.04. The zero-order chi connectivity index (χ0) is 20.4. The Morgan fingerprint density at radius 2 is 1.59 bits per heavy atom. The van der Waals surface area contributed by atoms with Crippen molar-refractivity contribution in [3.05, 3.63) is 72.3 Å². The highest BCUT2D eigenvalue weighted by Gasteiger charge is 2.32. The zero-order valence-electron chi connectivity index (χ0n) is 16.3. The van der Waals surface area contributed by atoms with E-state index in [-0.39, 0.29) is 11.8 Å². The van der Waals surface area contributed by atoms with Crippen molar-refractivity contribution in [2.75, 3.05) is 18.4 Å². The highest BCUT2D eigenvalue weighted by atomic mass is 32.2. The van der Waals surface area contributed by atoms with Gasteiger partial charge in [0.2, 0.25) is 15.9 Å². The molecule has 1 fully saturated rings. The predicted molar refractivity (Wildman–Crippen MR) is 115 cm³/mol. The van der Waals surface area contributed by atoms with Gasteiger partial charge in [0.25, 0.3) is 0 Å². The van der Waals surface area contributed by atoms with Gasteiger partial charge in [0.1, 0.15) is 0 Å². The minimum absolute atomic E-state index is 0.0398. The smallest absolute Gasteiger partial charge is 0.243 e. The van der Waals surface area contributed by atoms with Crippen LogP contribution in [0.2, 0.25) is 0 Å². The minimum atomic E-state index is -3.57. The number of nitrogens with one attached hydrogen (secondary N) is 1. The van der Waals surface area contributed by atoms with Crippen LogP contribution in [0.15, 0.2) is 71.6 Å². The van der Waals surface area contributed by atoms with E-state index in [1.165, 1.54) is 4.31 Å². The summed E-state index contributed by atoms with van der Waals surface area (Å²) in [4.78, 5) is 12.9. The van der Waals surface area contributed by atoms with Crippen molar-refractivity contribution in [1.29, 1.82) is 0 Å². The number of hydrogen-bond acceptors (Lipinski definition) is 3. The number of fused-ring (bicyclic) bond motifs is 1. The fraction of sp³-hybridized carbons (Fsp3) is 0.261. The second-order valence-electron chi connectivity index (χ2n) is 7.49. The van der Waals surface area contributed by atoms with E-state index in [0.717, 1.165) is 22.0 Å². The first-order valence-corrected chi connectivity index (χ1v) is 11.2. The van der Waals surface area contributed by atoms with Crippen molar-refractivity contribution in [3.8, 4) is 0 Å². The minimum Gasteiger partial charge on any atom is -0.326 e. The first-order chi connectivity index (χ1) is 13.9. The van der Waals surface area contributed by atoms with Crippen LogP contribution in [0.1, 0.15) is 18.4 Å². The molecule has 6 heteroatoms. The zero-order valence-corrected chi connectivity index (χ0v) is 17.2. The van der Waals surface area contributed by atoms with Gasteiger partial charge in [-0.1, -0.05) is 48.5 Å². The van der Waals surface area contributed by atoms with Crippen LogP contribution in [-0.2, 0) is 14.8 Å². The summed E-state index contributed by atoms with van der Waals surface area (Å²) in [7, 11) is -3.57. The molecule has 3 aromatic rings. The third-order valence-corrected chi connectivity index (χ3v) is 7.48. The average molecular weight is 409 g/mol. The van der Waals surface area contributed by atoms with Gasteiger partial charge in [-0.3, -0.25) is 4.79 Å². The molecule has 1 N–H and O–H groups in total. The maximum atomic E-state index is 13.1. The SMILES string of the molecule is Cc1ccccc1NC(=O)C1CCN(S(=O)(=O)c2ccc3ccccc3c2)CC1. The van der Waals surface area contributed by atoms with Crippen molar-refractivity contribution in [2.45, 2.75) is 24.7 Å². The van der Waals surface area contributed by atoms with Crippen LogP contribution in [-0.4, -0.2) is 31.7 Å². The number of carbonyl (C=O) groups is 1. The molecule has 0 atom stereocenters. The third-order valence-electron chi connectivity index (χ3n) is 5.59. The Bertz CT molecular complexity index is 1150. The maximum absolute atomic E-state index is 13.1. The topological polar surface area (TPSA) is 66.5 Å². The molecule has 4 rings (SSSR count). The summed E-state index contributed by atoms with van der Waals surface area (Å²) in [6.07, 6.45) is 1.04. The van der Waals surface area contributed by atoms with E-state index in [2.05, 4.69) is 5.32 Å². The number of carbonyl (C=O) groups excluding carboxylic acids is 1. The molecule has 0 bridgehead atoms. The number of nitrogens with zero attached hydrogens (tertiary/aromatic N) is 1. The van der Waals surface area contributed by atoms with Crippen LogP contribution in [0.5, 0.6) is 0 Å². The second-order valence-corrected chi connectivity index (χ2v) is 9.43. The molecule has 1 aliphatic heterocycles. The summed E-state index contributed by atoms with van der Waals surface area (Å²) in [5, 5.41) is 4.89. The molecule has 1 aliphatic rings. The maximum Gasteiger partial charge on any atom is 0.243 e. The van der Waals surface area contributed by atoms with Crippen LogP contribution in [0.3, 0.4) is 0 Å². The largest absolute Gasteiger partial charge is 0.326 e. The molecule has 0 spiro atoms. The van der Waals surface area contributed by atoms with Crippen LogP contribution < -0.4 is 5.32 Å². The normalized spacial score (nSPS) is 16.0. The lowest BCUT2D eigenvalue weighted by Crippen LogP contribution is -2.41. The standard InChI is InChI=1S/C23H24N2O3S/c1-17-6-2-5-9-22(17)24-23(26)19-12-14-25(15-13-19)29(27,28)21-11-10-18-7-3-4-8-20(18)16-21/h2-11,16,19H,12-15H2,1H3,(H,24,26). The fourth-order valence-electron chi connectivity index (χ4n) is 3.78. The summed E-state index contributed by atoms with van der Waals surface area (Å²) in [6, 6.07) is 20.6. The van der Waals surface area contributed by atoms with Crippen LogP contribution >= 0.6 is 0 Å². The van der Waals surface area contributed by atoms with Gasteiger partial charge in [-0.05, 0) is 54.3 Å². The molecule has 150 valence electrons. The Kier molecular flexibility index (Phi) is 5.39.